The Bertz CT molecular complexity index is 251. The molecule has 0 N–H and O–H groups in total. The van der Waals surface area contributed by atoms with Crippen LogP contribution in [0.25, 0.3) is 0 Å². The third kappa shape index (κ3) is 3.88. The summed E-state index contributed by atoms with van der Waals surface area (Å²) in [5.41, 5.74) is 1.36. The Hall–Kier alpha value is -1.11. The first kappa shape index (κ1) is 9.97. The highest BCUT2D eigenvalue weighted by molar-refractivity contribution is 5.11. The molecule has 0 saturated heterocycles. The van der Waals surface area contributed by atoms with E-state index in [9.17, 15) is 0 Å². The van der Waals surface area contributed by atoms with Gasteiger partial charge in [0, 0.05) is 12.4 Å². The molecule has 1 heteroatoms. The number of aromatic nitrogens is 1. The zero-order valence-electron chi connectivity index (χ0n) is 8.40. The van der Waals surface area contributed by atoms with E-state index in [4.69, 9.17) is 0 Å². The second-order valence-corrected chi connectivity index (χ2v) is 3.37. The molecule has 0 fully saturated rings. The molecule has 0 saturated carbocycles. The summed E-state index contributed by atoms with van der Waals surface area (Å²) in [5, 5.41) is 0. The fourth-order valence-electron chi connectivity index (χ4n) is 1.33. The highest BCUT2D eigenvalue weighted by Gasteiger charge is 1.97. The second-order valence-electron chi connectivity index (χ2n) is 3.37. The molecule has 70 valence electrons. The minimum absolute atomic E-state index is 0.627. The molecule has 13 heavy (non-hydrogen) atoms. The van der Waals surface area contributed by atoms with Gasteiger partial charge in [0.15, 0.2) is 0 Å². The number of hydrogen-bond donors (Lipinski definition) is 0. The first-order valence-corrected chi connectivity index (χ1v) is 4.88. The van der Waals surface area contributed by atoms with Crippen molar-refractivity contribution in [3.8, 4) is 0 Å². The van der Waals surface area contributed by atoms with Crippen LogP contribution in [0.1, 0.15) is 25.8 Å². The predicted molar refractivity (Wildman–Crippen MR) is 56.5 cm³/mol. The molecule has 0 amide bonds. The van der Waals surface area contributed by atoms with Crippen LogP contribution in [0.15, 0.2) is 36.7 Å². The van der Waals surface area contributed by atoms with E-state index in [0.29, 0.717) is 5.92 Å². The van der Waals surface area contributed by atoms with Crippen molar-refractivity contribution in [2.75, 3.05) is 0 Å². The zero-order chi connectivity index (χ0) is 9.52. The van der Waals surface area contributed by atoms with Crippen LogP contribution >= 0.6 is 0 Å². The summed E-state index contributed by atoms with van der Waals surface area (Å²) in [5.74, 6) is 0.627. The first-order valence-electron chi connectivity index (χ1n) is 4.88. The van der Waals surface area contributed by atoms with Gasteiger partial charge in [-0.3, -0.25) is 4.98 Å². The van der Waals surface area contributed by atoms with E-state index in [1.165, 1.54) is 5.56 Å². The second kappa shape index (κ2) is 5.52. The van der Waals surface area contributed by atoms with Crippen molar-refractivity contribution < 1.29 is 0 Å². The lowest BCUT2D eigenvalue weighted by molar-refractivity contribution is 0.719. The van der Waals surface area contributed by atoms with Crippen LogP contribution in [-0.4, -0.2) is 4.98 Å². The fourth-order valence-corrected chi connectivity index (χ4v) is 1.33. The summed E-state index contributed by atoms with van der Waals surface area (Å²) in [6, 6.07) is 4.16. The van der Waals surface area contributed by atoms with Crippen LogP contribution in [-0.2, 0) is 6.42 Å². The molecule has 1 atom stereocenters. The molecule has 0 aliphatic carbocycles. The van der Waals surface area contributed by atoms with Crippen LogP contribution in [0.3, 0.4) is 0 Å². The average Bonchev–Trinajstić information content (AvgIpc) is 2.16. The summed E-state index contributed by atoms with van der Waals surface area (Å²) in [6.45, 7) is 4.41. The summed E-state index contributed by atoms with van der Waals surface area (Å²) >= 11 is 0. The van der Waals surface area contributed by atoms with Crippen LogP contribution in [0.4, 0.5) is 0 Å². The van der Waals surface area contributed by atoms with Gasteiger partial charge in [0.05, 0.1) is 0 Å². The Morgan fingerprint density at radius 1 is 1.38 bits per heavy atom. The van der Waals surface area contributed by atoms with Gasteiger partial charge in [-0.1, -0.05) is 26.0 Å². The van der Waals surface area contributed by atoms with Crippen LogP contribution in [0, 0.1) is 5.92 Å². The van der Waals surface area contributed by atoms with E-state index in [1.54, 1.807) is 0 Å². The van der Waals surface area contributed by atoms with Gasteiger partial charge in [0.25, 0.3) is 0 Å². The quantitative estimate of drug-likeness (QED) is 0.640. The van der Waals surface area contributed by atoms with Gasteiger partial charge >= 0.3 is 0 Å². The van der Waals surface area contributed by atoms with Crippen molar-refractivity contribution in [3.63, 3.8) is 0 Å². The van der Waals surface area contributed by atoms with E-state index in [2.05, 4.69) is 43.1 Å². The smallest absolute Gasteiger partial charge is 0.0270 e. The fraction of sp³-hybridized carbons (Fsp3) is 0.417. The summed E-state index contributed by atoms with van der Waals surface area (Å²) in [6.07, 6.45) is 10.4. The highest BCUT2D eigenvalue weighted by Crippen LogP contribution is 2.08. The van der Waals surface area contributed by atoms with Crippen molar-refractivity contribution in [1.82, 2.24) is 4.98 Å². The number of nitrogens with zero attached hydrogens (tertiary/aromatic N) is 1. The van der Waals surface area contributed by atoms with E-state index in [1.807, 2.05) is 12.4 Å². The minimum atomic E-state index is 0.627. The van der Waals surface area contributed by atoms with Crippen LogP contribution in [0.2, 0.25) is 0 Å². The number of allylic oxidation sites excluding steroid dienone is 2. The van der Waals surface area contributed by atoms with Crippen molar-refractivity contribution in [2.24, 2.45) is 5.92 Å². The maximum atomic E-state index is 4.00. The van der Waals surface area contributed by atoms with E-state index >= 15 is 0 Å². The van der Waals surface area contributed by atoms with Crippen molar-refractivity contribution in [2.45, 2.75) is 26.7 Å². The summed E-state index contributed by atoms with van der Waals surface area (Å²) < 4.78 is 0. The number of hydrogen-bond acceptors (Lipinski definition) is 1. The number of rotatable bonds is 4. The molecule has 0 radical (unpaired) electrons. The molecule has 0 spiro atoms. The van der Waals surface area contributed by atoms with E-state index < -0.39 is 0 Å². The van der Waals surface area contributed by atoms with Crippen molar-refractivity contribution >= 4 is 0 Å². The molecular weight excluding hydrogens is 158 g/mol. The maximum absolute atomic E-state index is 4.00. The first-order chi connectivity index (χ1) is 6.33. The molecule has 1 nitrogen and oxygen atoms in total. The largest absolute Gasteiger partial charge is 0.265 e. The van der Waals surface area contributed by atoms with Gasteiger partial charge in [-0.15, -0.1) is 0 Å². The lowest BCUT2D eigenvalue weighted by Crippen LogP contribution is -1.95. The molecular formula is C12H17N. The zero-order valence-corrected chi connectivity index (χ0v) is 8.40. The Balaban J connectivity index is 2.45. The third-order valence-electron chi connectivity index (χ3n) is 2.01. The maximum Gasteiger partial charge on any atom is 0.0270 e. The normalized spacial score (nSPS) is 13.4. The highest BCUT2D eigenvalue weighted by atomic mass is 14.6. The minimum Gasteiger partial charge on any atom is -0.265 e. The molecule has 1 aromatic heterocycles. The summed E-state index contributed by atoms with van der Waals surface area (Å²) in [4.78, 5) is 4.00. The SMILES string of the molecule is CC/C=C\[C@H](C)Cc1ccncc1. The van der Waals surface area contributed by atoms with Crippen molar-refractivity contribution in [3.05, 3.63) is 42.2 Å². The molecule has 0 unspecified atom stereocenters. The van der Waals surface area contributed by atoms with Gasteiger partial charge < -0.3 is 0 Å². The monoisotopic (exact) mass is 175 g/mol. The van der Waals surface area contributed by atoms with Gasteiger partial charge in [-0.2, -0.15) is 0 Å². The van der Waals surface area contributed by atoms with Gasteiger partial charge in [0.1, 0.15) is 0 Å². The van der Waals surface area contributed by atoms with Crippen LogP contribution in [0.5, 0.6) is 0 Å². The van der Waals surface area contributed by atoms with Gasteiger partial charge in [-0.25, -0.2) is 0 Å². The molecule has 1 rings (SSSR count). The Labute approximate surface area is 80.5 Å². The van der Waals surface area contributed by atoms with Crippen molar-refractivity contribution in [1.29, 1.82) is 0 Å². The standard InChI is InChI=1S/C12H17N/c1-3-4-5-11(2)10-12-6-8-13-9-7-12/h4-9,11H,3,10H2,1-2H3/b5-4-/t11-/m0/s1. The third-order valence-corrected chi connectivity index (χ3v) is 2.01. The molecule has 0 aromatic carbocycles. The van der Waals surface area contributed by atoms with E-state index in [-0.39, 0.29) is 0 Å². The molecule has 1 heterocycles. The van der Waals surface area contributed by atoms with Crippen LogP contribution < -0.4 is 0 Å². The Morgan fingerprint density at radius 3 is 2.69 bits per heavy atom. The molecule has 0 aliphatic rings. The lowest BCUT2D eigenvalue weighted by Gasteiger charge is -2.05. The topological polar surface area (TPSA) is 12.9 Å². The summed E-state index contributed by atoms with van der Waals surface area (Å²) in [7, 11) is 0. The van der Waals surface area contributed by atoms with Gasteiger partial charge in [0.2, 0.25) is 0 Å². The molecule has 0 bridgehead atoms. The molecule has 0 aliphatic heterocycles. The molecule has 1 aromatic rings. The number of pyridine rings is 1. The Morgan fingerprint density at radius 2 is 2.08 bits per heavy atom. The van der Waals surface area contributed by atoms with Gasteiger partial charge in [-0.05, 0) is 36.5 Å². The predicted octanol–water partition coefficient (Wildman–Crippen LogP) is 3.23. The Kier molecular flexibility index (Phi) is 4.24. The lowest BCUT2D eigenvalue weighted by atomic mass is 10.0. The van der Waals surface area contributed by atoms with E-state index in [0.717, 1.165) is 12.8 Å². The average molecular weight is 175 g/mol.